The topological polar surface area (TPSA) is 138 Å². The fraction of sp³-hybridized carbons (Fsp3) is 0.182. The van der Waals surface area contributed by atoms with Gasteiger partial charge in [-0.3, -0.25) is 4.79 Å². The van der Waals surface area contributed by atoms with Gasteiger partial charge in [-0.25, -0.2) is 0 Å². The van der Waals surface area contributed by atoms with E-state index in [2.05, 4.69) is 10.2 Å². The molecule has 0 aromatic heterocycles. The van der Waals surface area contributed by atoms with Crippen molar-refractivity contribution < 1.29 is 14.3 Å². The van der Waals surface area contributed by atoms with E-state index in [-0.39, 0.29) is 12.6 Å². The van der Waals surface area contributed by atoms with E-state index in [9.17, 15) is 4.79 Å². The number of nitrogens with zero attached hydrogens (tertiary/aromatic N) is 2. The van der Waals surface area contributed by atoms with Crippen LogP contribution >= 0.6 is 22.6 Å². The molecule has 0 radical (unpaired) electrons. The first-order valence-corrected chi connectivity index (χ1v) is 6.42. The number of primary amides is 1. The summed E-state index contributed by atoms with van der Waals surface area (Å²) in [7, 11) is 1.49. The van der Waals surface area contributed by atoms with Gasteiger partial charge >= 0.3 is 0 Å². The van der Waals surface area contributed by atoms with Crippen LogP contribution in [0.4, 0.5) is 0 Å². The molecule has 0 aliphatic carbocycles. The van der Waals surface area contributed by atoms with Crippen LogP contribution in [0.25, 0.3) is 0 Å². The van der Waals surface area contributed by atoms with Gasteiger partial charge in [0.15, 0.2) is 18.1 Å². The molecule has 8 nitrogen and oxygen atoms in total. The van der Waals surface area contributed by atoms with E-state index in [1.54, 1.807) is 12.1 Å². The number of amides is 1. The average molecular weight is 391 g/mol. The predicted molar refractivity (Wildman–Crippen MR) is 83.8 cm³/mol. The molecule has 0 fully saturated rings. The second-order valence-electron chi connectivity index (χ2n) is 3.56. The van der Waals surface area contributed by atoms with Crippen molar-refractivity contribution in [2.24, 2.45) is 27.4 Å². The summed E-state index contributed by atoms with van der Waals surface area (Å²) in [6, 6.07) is 3.44. The van der Waals surface area contributed by atoms with Gasteiger partial charge in [0.2, 0.25) is 5.96 Å². The Hall–Kier alpha value is -2.04. The highest BCUT2D eigenvalue weighted by atomic mass is 127. The van der Waals surface area contributed by atoms with Gasteiger partial charge in [-0.2, -0.15) is 5.10 Å². The molecule has 20 heavy (non-hydrogen) atoms. The minimum absolute atomic E-state index is 0.135. The number of guanidine groups is 1. The van der Waals surface area contributed by atoms with E-state index in [1.807, 2.05) is 22.6 Å². The van der Waals surface area contributed by atoms with Gasteiger partial charge in [0, 0.05) is 0 Å². The number of ether oxygens (including phenoxy) is 2. The number of carbonyl (C=O) groups excluding carboxylic acids is 1. The van der Waals surface area contributed by atoms with Crippen molar-refractivity contribution in [1.82, 2.24) is 0 Å². The first kappa shape index (κ1) is 16.0. The van der Waals surface area contributed by atoms with Gasteiger partial charge in [0.05, 0.1) is 16.9 Å². The summed E-state index contributed by atoms with van der Waals surface area (Å²) in [5.74, 6) is 0.181. The Balaban J connectivity index is 3.03. The molecule has 0 spiro atoms. The summed E-state index contributed by atoms with van der Waals surface area (Å²) < 4.78 is 11.2. The van der Waals surface area contributed by atoms with Gasteiger partial charge in [-0.15, -0.1) is 5.10 Å². The number of nitrogens with two attached hydrogens (primary N) is 3. The molecule has 1 amide bonds. The summed E-state index contributed by atoms with van der Waals surface area (Å²) >= 11 is 2.04. The number of benzene rings is 1. The first-order chi connectivity index (χ1) is 9.43. The number of rotatable bonds is 6. The van der Waals surface area contributed by atoms with E-state index in [0.29, 0.717) is 17.1 Å². The Bertz CT molecular complexity index is 555. The van der Waals surface area contributed by atoms with Crippen LogP contribution in [0.3, 0.4) is 0 Å². The summed E-state index contributed by atoms with van der Waals surface area (Å²) in [6.07, 6.45) is 1.46. The average Bonchev–Trinajstić information content (AvgIpc) is 2.36. The largest absolute Gasteiger partial charge is 0.493 e. The summed E-state index contributed by atoms with van der Waals surface area (Å²) in [5, 5.41) is 7.19. The molecule has 1 aromatic rings. The SMILES string of the molecule is COc1cc(C=NN=C(N)N)cc(I)c1OCC(N)=O. The molecular weight excluding hydrogens is 377 g/mol. The second-order valence-corrected chi connectivity index (χ2v) is 4.72. The Morgan fingerprint density at radius 2 is 2.10 bits per heavy atom. The van der Waals surface area contributed by atoms with Gasteiger partial charge in [0.1, 0.15) is 0 Å². The van der Waals surface area contributed by atoms with Crippen molar-refractivity contribution in [2.75, 3.05) is 13.7 Å². The molecule has 1 rings (SSSR count). The highest BCUT2D eigenvalue weighted by molar-refractivity contribution is 14.1. The molecule has 0 atom stereocenters. The fourth-order valence-electron chi connectivity index (χ4n) is 1.26. The Morgan fingerprint density at radius 3 is 2.65 bits per heavy atom. The van der Waals surface area contributed by atoms with Crippen molar-refractivity contribution in [2.45, 2.75) is 0 Å². The summed E-state index contributed by atoms with van der Waals surface area (Å²) in [4.78, 5) is 10.8. The van der Waals surface area contributed by atoms with Crippen LogP contribution in [-0.2, 0) is 4.79 Å². The third-order valence-corrected chi connectivity index (χ3v) is 2.79. The molecule has 0 saturated heterocycles. The lowest BCUT2D eigenvalue weighted by Crippen LogP contribution is -2.21. The van der Waals surface area contributed by atoms with Crippen LogP contribution in [0.15, 0.2) is 22.3 Å². The lowest BCUT2D eigenvalue weighted by Gasteiger charge is -2.12. The van der Waals surface area contributed by atoms with Crippen LogP contribution in [0, 0.1) is 3.57 Å². The standard InChI is InChI=1S/C11H14IN5O3/c1-19-8-3-6(4-16-17-11(14)15)2-7(12)10(8)20-5-9(13)18/h2-4H,5H2,1H3,(H2,13,18)(H4,14,15,17). The second kappa shape index (κ2) is 7.53. The quantitative estimate of drug-likeness (QED) is 0.266. The molecule has 0 aliphatic rings. The Kier molecular flexibility index (Phi) is 6.03. The van der Waals surface area contributed by atoms with E-state index >= 15 is 0 Å². The summed E-state index contributed by atoms with van der Waals surface area (Å²) in [5.41, 5.74) is 16.1. The van der Waals surface area contributed by atoms with Gasteiger partial charge in [0.25, 0.3) is 5.91 Å². The van der Waals surface area contributed by atoms with Crippen LogP contribution < -0.4 is 26.7 Å². The van der Waals surface area contributed by atoms with Crippen LogP contribution in [0.2, 0.25) is 0 Å². The van der Waals surface area contributed by atoms with Gasteiger partial charge in [-0.05, 0) is 40.3 Å². The third kappa shape index (κ3) is 4.91. The van der Waals surface area contributed by atoms with Crippen LogP contribution in [-0.4, -0.2) is 31.8 Å². The molecule has 9 heteroatoms. The van der Waals surface area contributed by atoms with E-state index < -0.39 is 5.91 Å². The lowest BCUT2D eigenvalue weighted by atomic mass is 10.2. The highest BCUT2D eigenvalue weighted by Crippen LogP contribution is 2.33. The molecule has 0 bridgehead atoms. The highest BCUT2D eigenvalue weighted by Gasteiger charge is 2.12. The molecule has 1 aromatic carbocycles. The van der Waals surface area contributed by atoms with E-state index in [4.69, 9.17) is 26.7 Å². The maximum atomic E-state index is 10.8. The summed E-state index contributed by atoms with van der Waals surface area (Å²) in [6.45, 7) is -0.228. The Morgan fingerprint density at radius 1 is 1.40 bits per heavy atom. The molecule has 0 aliphatic heterocycles. The van der Waals surface area contributed by atoms with Crippen molar-refractivity contribution >= 4 is 40.7 Å². The number of hydrogen-bond acceptors (Lipinski definition) is 5. The molecule has 6 N–H and O–H groups in total. The molecule has 0 unspecified atom stereocenters. The zero-order valence-electron chi connectivity index (χ0n) is 10.7. The maximum Gasteiger partial charge on any atom is 0.255 e. The fourth-order valence-corrected chi connectivity index (χ4v) is 2.04. The van der Waals surface area contributed by atoms with Crippen LogP contribution in [0.1, 0.15) is 5.56 Å². The monoisotopic (exact) mass is 391 g/mol. The van der Waals surface area contributed by atoms with Crippen LogP contribution in [0.5, 0.6) is 11.5 Å². The predicted octanol–water partition coefficient (Wildman–Crippen LogP) is -0.229. The number of methoxy groups -OCH3 is 1. The van der Waals surface area contributed by atoms with E-state index in [1.165, 1.54) is 13.3 Å². The van der Waals surface area contributed by atoms with Crippen molar-refractivity contribution in [1.29, 1.82) is 0 Å². The molecule has 108 valence electrons. The molecular formula is C11H14IN5O3. The van der Waals surface area contributed by atoms with Crippen molar-refractivity contribution in [3.63, 3.8) is 0 Å². The maximum absolute atomic E-state index is 10.8. The lowest BCUT2D eigenvalue weighted by molar-refractivity contribution is -0.119. The third-order valence-electron chi connectivity index (χ3n) is 1.99. The smallest absolute Gasteiger partial charge is 0.255 e. The normalized spacial score (nSPS) is 10.3. The number of hydrogen-bond donors (Lipinski definition) is 3. The number of halogens is 1. The van der Waals surface area contributed by atoms with Crippen molar-refractivity contribution in [3.8, 4) is 11.5 Å². The molecule has 0 heterocycles. The number of carbonyl (C=O) groups is 1. The zero-order valence-corrected chi connectivity index (χ0v) is 12.8. The van der Waals surface area contributed by atoms with Crippen molar-refractivity contribution in [3.05, 3.63) is 21.3 Å². The first-order valence-electron chi connectivity index (χ1n) is 5.34. The van der Waals surface area contributed by atoms with E-state index in [0.717, 1.165) is 3.57 Å². The minimum Gasteiger partial charge on any atom is -0.493 e. The van der Waals surface area contributed by atoms with Gasteiger partial charge < -0.3 is 26.7 Å². The minimum atomic E-state index is -0.568. The zero-order chi connectivity index (χ0) is 15.1. The van der Waals surface area contributed by atoms with Gasteiger partial charge in [-0.1, -0.05) is 0 Å². The molecule has 0 saturated carbocycles. The Labute approximate surface area is 129 Å².